The highest BCUT2D eigenvalue weighted by molar-refractivity contribution is 6.05. The van der Waals surface area contributed by atoms with Gasteiger partial charge in [-0.15, -0.1) is 0 Å². The van der Waals surface area contributed by atoms with Crippen LogP contribution in [0.3, 0.4) is 0 Å². The van der Waals surface area contributed by atoms with Gasteiger partial charge in [-0.1, -0.05) is 18.2 Å². The van der Waals surface area contributed by atoms with E-state index in [1.54, 1.807) is 4.90 Å². The molecule has 4 heterocycles. The predicted molar refractivity (Wildman–Crippen MR) is 136 cm³/mol. The Bertz CT molecular complexity index is 1370. The molecule has 2 saturated heterocycles. The molecule has 3 aliphatic heterocycles. The normalized spacial score (nSPS) is 22.2. The third-order valence-corrected chi connectivity index (χ3v) is 7.76. The number of carbonyl (C=O) groups is 3. The molecule has 2 aromatic carbocycles. The lowest BCUT2D eigenvalue weighted by molar-refractivity contribution is -0.136. The maximum Gasteiger partial charge on any atom is 0.255 e. The number of benzene rings is 2. The number of hydrogen-bond donors (Lipinski definition) is 1. The number of pyridine rings is 1. The van der Waals surface area contributed by atoms with Crippen molar-refractivity contribution in [1.29, 1.82) is 0 Å². The summed E-state index contributed by atoms with van der Waals surface area (Å²) in [6, 6.07) is 16.2. The molecule has 36 heavy (non-hydrogen) atoms. The number of piperidine rings is 1. The summed E-state index contributed by atoms with van der Waals surface area (Å²) >= 11 is 0. The van der Waals surface area contributed by atoms with Crippen molar-refractivity contribution >= 4 is 34.3 Å². The number of amides is 3. The van der Waals surface area contributed by atoms with E-state index in [2.05, 4.69) is 45.3 Å². The van der Waals surface area contributed by atoms with Crippen LogP contribution in [0.2, 0.25) is 0 Å². The highest BCUT2D eigenvalue weighted by Gasteiger charge is 2.39. The average molecular weight is 484 g/mol. The fourth-order valence-electron chi connectivity index (χ4n) is 5.72. The monoisotopic (exact) mass is 483 g/mol. The minimum absolute atomic E-state index is 0.135. The molecule has 0 saturated carbocycles. The standard InChI is InChI=1S/C28H29N5O3/c1-31(22-10-11-32(17-22)15-18-12-19-4-2-3-5-24(19)29-14-18)21-6-7-23-20(13-21)16-33(28(23)36)25-8-9-26(34)30-27(25)35/h2-7,12-14,22,25H,8-11,15-17H2,1H3,(H,30,34,35)/t22-,25?/m0/s1. The van der Waals surface area contributed by atoms with E-state index in [0.29, 0.717) is 24.6 Å². The predicted octanol–water partition coefficient (Wildman–Crippen LogP) is 2.71. The maximum atomic E-state index is 13.0. The van der Waals surface area contributed by atoms with Gasteiger partial charge in [0.1, 0.15) is 6.04 Å². The third kappa shape index (κ3) is 4.11. The van der Waals surface area contributed by atoms with E-state index in [9.17, 15) is 14.4 Å². The Morgan fingerprint density at radius 1 is 1.08 bits per heavy atom. The number of para-hydroxylation sites is 1. The number of likely N-dealkylation sites (tertiary alicyclic amines) is 1. The van der Waals surface area contributed by atoms with Crippen LogP contribution < -0.4 is 10.2 Å². The van der Waals surface area contributed by atoms with Crippen molar-refractivity contribution < 1.29 is 14.4 Å². The van der Waals surface area contributed by atoms with Crippen molar-refractivity contribution in [1.82, 2.24) is 20.1 Å². The van der Waals surface area contributed by atoms with Gasteiger partial charge in [0.05, 0.1) is 5.52 Å². The molecule has 8 nitrogen and oxygen atoms in total. The smallest absolute Gasteiger partial charge is 0.255 e. The molecule has 3 amide bonds. The summed E-state index contributed by atoms with van der Waals surface area (Å²) in [5.74, 6) is -0.783. The van der Waals surface area contributed by atoms with E-state index >= 15 is 0 Å². The van der Waals surface area contributed by atoms with Crippen molar-refractivity contribution in [3.63, 3.8) is 0 Å². The highest BCUT2D eigenvalue weighted by atomic mass is 16.2. The van der Waals surface area contributed by atoms with Crippen LogP contribution in [0.25, 0.3) is 10.9 Å². The summed E-state index contributed by atoms with van der Waals surface area (Å²) in [7, 11) is 2.11. The summed E-state index contributed by atoms with van der Waals surface area (Å²) in [6.45, 7) is 3.26. The van der Waals surface area contributed by atoms with Crippen LogP contribution >= 0.6 is 0 Å². The second kappa shape index (κ2) is 9.02. The lowest BCUT2D eigenvalue weighted by Gasteiger charge is -2.29. The van der Waals surface area contributed by atoms with Crippen molar-refractivity contribution in [3.05, 3.63) is 71.4 Å². The molecule has 3 aromatic rings. The third-order valence-electron chi connectivity index (χ3n) is 7.76. The number of imide groups is 1. The first-order valence-corrected chi connectivity index (χ1v) is 12.5. The largest absolute Gasteiger partial charge is 0.370 e. The minimum Gasteiger partial charge on any atom is -0.370 e. The molecule has 0 aliphatic carbocycles. The number of anilines is 1. The van der Waals surface area contributed by atoms with Gasteiger partial charge in [0, 0.05) is 68.5 Å². The van der Waals surface area contributed by atoms with E-state index in [1.807, 2.05) is 36.5 Å². The van der Waals surface area contributed by atoms with Gasteiger partial charge in [0.15, 0.2) is 0 Å². The van der Waals surface area contributed by atoms with Gasteiger partial charge in [-0.2, -0.15) is 0 Å². The Morgan fingerprint density at radius 3 is 2.81 bits per heavy atom. The Morgan fingerprint density at radius 2 is 1.94 bits per heavy atom. The molecule has 184 valence electrons. The molecular weight excluding hydrogens is 454 g/mol. The lowest BCUT2D eigenvalue weighted by atomic mass is 10.0. The van der Waals surface area contributed by atoms with Crippen molar-refractivity contribution in [2.75, 3.05) is 25.0 Å². The van der Waals surface area contributed by atoms with Gasteiger partial charge < -0.3 is 9.80 Å². The Kier molecular flexibility index (Phi) is 5.68. The Labute approximate surface area is 209 Å². The van der Waals surface area contributed by atoms with Crippen molar-refractivity contribution in [2.24, 2.45) is 0 Å². The van der Waals surface area contributed by atoms with Gasteiger partial charge >= 0.3 is 0 Å². The van der Waals surface area contributed by atoms with Crippen LogP contribution in [0, 0.1) is 0 Å². The number of rotatable bonds is 5. The van der Waals surface area contributed by atoms with E-state index < -0.39 is 6.04 Å². The van der Waals surface area contributed by atoms with Crippen LogP contribution in [0.15, 0.2) is 54.7 Å². The van der Waals surface area contributed by atoms with Gasteiger partial charge in [0.25, 0.3) is 5.91 Å². The quantitative estimate of drug-likeness (QED) is 0.562. The van der Waals surface area contributed by atoms with Gasteiger partial charge in [-0.25, -0.2) is 0 Å². The molecule has 6 rings (SSSR count). The van der Waals surface area contributed by atoms with Gasteiger partial charge in [-0.05, 0) is 54.3 Å². The summed E-state index contributed by atoms with van der Waals surface area (Å²) in [5.41, 5.74) is 4.90. The number of nitrogens with one attached hydrogen (secondary N) is 1. The SMILES string of the molecule is CN(c1ccc2c(c1)CN(C1CCC(=O)NC1=O)C2=O)[C@H]1CCN(Cc2cnc3ccccc3c2)C1. The molecule has 3 aliphatic rings. The van der Waals surface area contributed by atoms with E-state index in [4.69, 9.17) is 0 Å². The molecule has 1 aromatic heterocycles. The molecular formula is C28H29N5O3. The van der Waals surface area contributed by atoms with E-state index in [1.165, 1.54) is 10.9 Å². The number of fused-ring (bicyclic) bond motifs is 2. The number of aromatic nitrogens is 1. The molecule has 1 N–H and O–H groups in total. The number of carbonyl (C=O) groups excluding carboxylic acids is 3. The molecule has 0 spiro atoms. The van der Waals surface area contributed by atoms with Crippen LogP contribution in [0.5, 0.6) is 0 Å². The van der Waals surface area contributed by atoms with Crippen molar-refractivity contribution in [2.45, 2.75) is 44.4 Å². The zero-order valence-electron chi connectivity index (χ0n) is 20.3. The minimum atomic E-state index is -0.586. The van der Waals surface area contributed by atoms with Crippen LogP contribution in [-0.2, 0) is 22.7 Å². The van der Waals surface area contributed by atoms with Crippen LogP contribution in [0.4, 0.5) is 5.69 Å². The summed E-state index contributed by atoms with van der Waals surface area (Å²) in [5, 5.41) is 3.53. The maximum absolute atomic E-state index is 13.0. The molecule has 2 fully saturated rings. The van der Waals surface area contributed by atoms with Crippen molar-refractivity contribution in [3.8, 4) is 0 Å². The number of hydrogen-bond acceptors (Lipinski definition) is 6. The topological polar surface area (TPSA) is 85.8 Å². The Balaban J connectivity index is 1.12. The summed E-state index contributed by atoms with van der Waals surface area (Å²) < 4.78 is 0. The molecule has 2 atom stereocenters. The average Bonchev–Trinajstić information content (AvgIpc) is 3.47. The zero-order chi connectivity index (χ0) is 24.8. The highest BCUT2D eigenvalue weighted by Crippen LogP contribution is 2.32. The number of likely N-dealkylation sites (N-methyl/N-ethyl adjacent to an activating group) is 1. The van der Waals surface area contributed by atoms with Crippen LogP contribution in [-0.4, -0.2) is 64.7 Å². The fraction of sp³-hybridized carbons (Fsp3) is 0.357. The Hall–Kier alpha value is -3.78. The lowest BCUT2D eigenvalue weighted by Crippen LogP contribution is -2.52. The van der Waals surface area contributed by atoms with Gasteiger partial charge in [0.2, 0.25) is 11.8 Å². The number of nitrogens with zero attached hydrogens (tertiary/aromatic N) is 4. The first kappa shape index (κ1) is 22.7. The van der Waals surface area contributed by atoms with E-state index in [0.717, 1.165) is 42.8 Å². The van der Waals surface area contributed by atoms with Gasteiger partial charge in [-0.3, -0.25) is 29.6 Å². The zero-order valence-corrected chi connectivity index (χ0v) is 20.3. The fourth-order valence-corrected chi connectivity index (χ4v) is 5.72. The summed E-state index contributed by atoms with van der Waals surface area (Å²) in [6.07, 6.45) is 3.68. The molecule has 8 heteroatoms. The first-order chi connectivity index (χ1) is 17.5. The summed E-state index contributed by atoms with van der Waals surface area (Å²) in [4.78, 5) is 47.8. The van der Waals surface area contributed by atoms with E-state index in [-0.39, 0.29) is 24.1 Å². The molecule has 0 radical (unpaired) electrons. The van der Waals surface area contributed by atoms with Crippen LogP contribution in [0.1, 0.15) is 40.7 Å². The molecule has 0 bridgehead atoms. The second-order valence-corrected chi connectivity index (χ2v) is 10.1. The second-order valence-electron chi connectivity index (χ2n) is 10.1. The molecule has 1 unspecified atom stereocenters. The first-order valence-electron chi connectivity index (χ1n) is 12.5.